The van der Waals surface area contributed by atoms with Gasteiger partial charge in [0, 0.05) is 11.1 Å². The first-order chi connectivity index (χ1) is 10.9. The molecular formula is C17H17ClN2O3. The smallest absolute Gasteiger partial charge is 0.282 e. The average molecular weight is 333 g/mol. The molecule has 0 aliphatic rings. The monoisotopic (exact) mass is 332 g/mol. The predicted molar refractivity (Wildman–Crippen MR) is 89.6 cm³/mol. The number of nitrogens with zero attached hydrogens (tertiary/aromatic N) is 1. The maximum Gasteiger partial charge on any atom is 0.282 e. The maximum absolute atomic E-state index is 12.5. The van der Waals surface area contributed by atoms with Gasteiger partial charge in [-0.3, -0.25) is 14.9 Å². The van der Waals surface area contributed by atoms with Crippen molar-refractivity contribution in [2.45, 2.75) is 19.9 Å². The van der Waals surface area contributed by atoms with Crippen LogP contribution in [0, 0.1) is 16.0 Å². The number of nitro benzene ring substituents is 1. The lowest BCUT2D eigenvalue weighted by Crippen LogP contribution is -2.32. The van der Waals surface area contributed by atoms with Crippen molar-refractivity contribution in [3.63, 3.8) is 0 Å². The van der Waals surface area contributed by atoms with Crippen molar-refractivity contribution < 1.29 is 9.72 Å². The Morgan fingerprint density at radius 2 is 1.74 bits per heavy atom. The van der Waals surface area contributed by atoms with Crippen molar-refractivity contribution in [2.24, 2.45) is 5.92 Å². The molecule has 1 amide bonds. The fraction of sp³-hybridized carbons (Fsp3) is 0.235. The molecule has 6 heteroatoms. The number of benzene rings is 2. The van der Waals surface area contributed by atoms with Crippen molar-refractivity contribution in [1.29, 1.82) is 0 Å². The van der Waals surface area contributed by atoms with Gasteiger partial charge < -0.3 is 5.32 Å². The molecule has 120 valence electrons. The van der Waals surface area contributed by atoms with Gasteiger partial charge in [0.25, 0.3) is 11.6 Å². The minimum Gasteiger partial charge on any atom is -0.345 e. The lowest BCUT2D eigenvalue weighted by atomic mass is 9.95. The number of carbonyl (C=O) groups is 1. The largest absolute Gasteiger partial charge is 0.345 e. The van der Waals surface area contributed by atoms with E-state index in [4.69, 9.17) is 11.6 Å². The van der Waals surface area contributed by atoms with E-state index in [1.165, 1.54) is 18.2 Å². The highest BCUT2D eigenvalue weighted by Gasteiger charge is 2.24. The number of carbonyl (C=O) groups excluding carboxylic acids is 1. The van der Waals surface area contributed by atoms with Gasteiger partial charge in [0.15, 0.2) is 0 Å². The van der Waals surface area contributed by atoms with Crippen LogP contribution >= 0.6 is 11.6 Å². The highest BCUT2D eigenvalue weighted by atomic mass is 35.5. The molecule has 0 heterocycles. The van der Waals surface area contributed by atoms with Crippen LogP contribution in [-0.2, 0) is 0 Å². The van der Waals surface area contributed by atoms with Crippen LogP contribution < -0.4 is 5.32 Å². The molecule has 2 aromatic carbocycles. The fourth-order valence-electron chi connectivity index (χ4n) is 2.35. The van der Waals surface area contributed by atoms with Crippen molar-refractivity contribution in [3.8, 4) is 0 Å². The summed E-state index contributed by atoms with van der Waals surface area (Å²) in [6.07, 6.45) is 0. The quantitative estimate of drug-likeness (QED) is 0.652. The summed E-state index contributed by atoms with van der Waals surface area (Å²) >= 11 is 5.89. The summed E-state index contributed by atoms with van der Waals surface area (Å²) in [4.78, 5) is 23.0. The molecule has 0 spiro atoms. The zero-order valence-electron chi connectivity index (χ0n) is 12.8. The van der Waals surface area contributed by atoms with Gasteiger partial charge in [0.2, 0.25) is 0 Å². The molecule has 0 bridgehead atoms. The third kappa shape index (κ3) is 4.07. The standard InChI is InChI=1S/C17H17ClN2O3/c1-11(2)16(12-7-9-13(18)10-8-12)19-17(21)14-5-3-4-6-15(14)20(22)23/h3-11,16H,1-2H3,(H,19,21). The molecule has 0 saturated carbocycles. The number of rotatable bonds is 5. The summed E-state index contributed by atoms with van der Waals surface area (Å²) in [5.41, 5.74) is 0.747. The van der Waals surface area contributed by atoms with Crippen LogP contribution in [0.4, 0.5) is 5.69 Å². The van der Waals surface area contributed by atoms with E-state index in [0.29, 0.717) is 5.02 Å². The van der Waals surface area contributed by atoms with Crippen LogP contribution in [-0.4, -0.2) is 10.8 Å². The molecule has 0 aliphatic carbocycles. The number of amides is 1. The molecular weight excluding hydrogens is 316 g/mol. The van der Waals surface area contributed by atoms with Crippen LogP contribution in [0.15, 0.2) is 48.5 Å². The third-order valence-corrected chi connectivity index (χ3v) is 3.78. The van der Waals surface area contributed by atoms with E-state index in [1.54, 1.807) is 18.2 Å². The highest BCUT2D eigenvalue weighted by Crippen LogP contribution is 2.25. The summed E-state index contributed by atoms with van der Waals surface area (Å²) in [6, 6.07) is 12.8. The van der Waals surface area contributed by atoms with E-state index in [0.717, 1.165) is 5.56 Å². The van der Waals surface area contributed by atoms with Gasteiger partial charge in [-0.2, -0.15) is 0 Å². The van der Waals surface area contributed by atoms with Crippen molar-refractivity contribution >= 4 is 23.2 Å². The Hall–Kier alpha value is -2.40. The van der Waals surface area contributed by atoms with Crippen LogP contribution in [0.3, 0.4) is 0 Å². The SMILES string of the molecule is CC(C)C(NC(=O)c1ccccc1[N+](=O)[O-])c1ccc(Cl)cc1. The first-order valence-corrected chi connectivity index (χ1v) is 7.57. The summed E-state index contributed by atoms with van der Waals surface area (Å²) in [5.74, 6) is -0.353. The van der Waals surface area contributed by atoms with E-state index in [1.807, 2.05) is 26.0 Å². The summed E-state index contributed by atoms with van der Waals surface area (Å²) in [5, 5.41) is 14.6. The molecule has 0 fully saturated rings. The van der Waals surface area contributed by atoms with Gasteiger partial charge in [-0.15, -0.1) is 0 Å². The number of hydrogen-bond donors (Lipinski definition) is 1. The lowest BCUT2D eigenvalue weighted by molar-refractivity contribution is -0.385. The highest BCUT2D eigenvalue weighted by molar-refractivity contribution is 6.30. The first-order valence-electron chi connectivity index (χ1n) is 7.20. The number of para-hydroxylation sites is 1. The van der Waals surface area contributed by atoms with Crippen molar-refractivity contribution in [3.05, 3.63) is 74.8 Å². The van der Waals surface area contributed by atoms with Gasteiger partial charge in [-0.05, 0) is 29.7 Å². The Morgan fingerprint density at radius 1 is 1.13 bits per heavy atom. The average Bonchev–Trinajstić information content (AvgIpc) is 2.53. The topological polar surface area (TPSA) is 72.2 Å². The number of nitro groups is 1. The second-order valence-corrected chi connectivity index (χ2v) is 5.96. The summed E-state index contributed by atoms with van der Waals surface area (Å²) < 4.78 is 0. The molecule has 1 atom stereocenters. The zero-order chi connectivity index (χ0) is 17.0. The zero-order valence-corrected chi connectivity index (χ0v) is 13.6. The fourth-order valence-corrected chi connectivity index (χ4v) is 2.47. The number of halogens is 1. The molecule has 1 N–H and O–H groups in total. The van der Waals surface area contributed by atoms with E-state index in [2.05, 4.69) is 5.32 Å². The van der Waals surface area contributed by atoms with E-state index < -0.39 is 10.8 Å². The van der Waals surface area contributed by atoms with Crippen LogP contribution in [0.1, 0.15) is 35.8 Å². The molecule has 5 nitrogen and oxygen atoms in total. The summed E-state index contributed by atoms with van der Waals surface area (Å²) in [6.45, 7) is 3.94. The molecule has 0 radical (unpaired) electrons. The van der Waals surface area contributed by atoms with Gasteiger partial charge in [-0.25, -0.2) is 0 Å². The third-order valence-electron chi connectivity index (χ3n) is 3.53. The summed E-state index contributed by atoms with van der Waals surface area (Å²) in [7, 11) is 0. The Bertz CT molecular complexity index is 714. The van der Waals surface area contributed by atoms with Crippen LogP contribution in [0.5, 0.6) is 0 Å². The van der Waals surface area contributed by atoms with E-state index >= 15 is 0 Å². The second-order valence-electron chi connectivity index (χ2n) is 5.52. The van der Waals surface area contributed by atoms with Gasteiger partial charge in [-0.1, -0.05) is 49.7 Å². The molecule has 23 heavy (non-hydrogen) atoms. The molecule has 0 aromatic heterocycles. The van der Waals surface area contributed by atoms with Crippen molar-refractivity contribution in [2.75, 3.05) is 0 Å². The van der Waals surface area contributed by atoms with Crippen molar-refractivity contribution in [1.82, 2.24) is 5.32 Å². The Morgan fingerprint density at radius 3 is 2.30 bits per heavy atom. The second kappa shape index (κ2) is 7.24. The first kappa shape index (κ1) is 17.0. The molecule has 0 aliphatic heterocycles. The van der Waals surface area contributed by atoms with E-state index in [9.17, 15) is 14.9 Å². The predicted octanol–water partition coefficient (Wildman–Crippen LogP) is 4.38. The van der Waals surface area contributed by atoms with Crippen LogP contribution in [0.2, 0.25) is 5.02 Å². The minimum atomic E-state index is -0.554. The number of hydrogen-bond acceptors (Lipinski definition) is 3. The van der Waals surface area contributed by atoms with Gasteiger partial charge in [0.05, 0.1) is 11.0 Å². The molecule has 0 saturated heterocycles. The molecule has 1 unspecified atom stereocenters. The Labute approximate surface area is 139 Å². The Balaban J connectivity index is 2.29. The van der Waals surface area contributed by atoms with Gasteiger partial charge >= 0.3 is 0 Å². The molecule has 2 aromatic rings. The van der Waals surface area contributed by atoms with Crippen LogP contribution in [0.25, 0.3) is 0 Å². The maximum atomic E-state index is 12.5. The Kier molecular flexibility index (Phi) is 5.34. The lowest BCUT2D eigenvalue weighted by Gasteiger charge is -2.23. The minimum absolute atomic E-state index is 0.0529. The number of nitrogens with one attached hydrogen (secondary N) is 1. The normalized spacial score (nSPS) is 12.0. The molecule has 2 rings (SSSR count). The van der Waals surface area contributed by atoms with E-state index in [-0.39, 0.29) is 23.2 Å². The van der Waals surface area contributed by atoms with Gasteiger partial charge in [0.1, 0.15) is 5.56 Å².